The van der Waals surface area contributed by atoms with Crippen molar-refractivity contribution in [2.24, 2.45) is 5.41 Å². The Morgan fingerprint density at radius 2 is 2.28 bits per heavy atom. The number of hydrogen-bond donors (Lipinski definition) is 1. The van der Waals surface area contributed by atoms with Crippen molar-refractivity contribution in [2.45, 2.75) is 51.9 Å². The lowest BCUT2D eigenvalue weighted by Gasteiger charge is -2.25. The predicted octanol–water partition coefficient (Wildman–Crippen LogP) is 2.76. The van der Waals surface area contributed by atoms with Gasteiger partial charge in [-0.05, 0) is 29.7 Å². The summed E-state index contributed by atoms with van der Waals surface area (Å²) in [7, 11) is 0. The first-order valence-corrected chi connectivity index (χ1v) is 7.54. The molecule has 1 amide bonds. The van der Waals surface area contributed by atoms with Crippen LogP contribution in [0, 0.1) is 5.41 Å². The molecule has 4 heteroatoms. The SMILES string of the molecule is CCC1NC(c2cccs2)N(C2CC2(C)C)C1=O. The number of thiophene rings is 1. The minimum atomic E-state index is -0.00602. The molecule has 0 bridgehead atoms. The van der Waals surface area contributed by atoms with Crippen LogP contribution in [-0.2, 0) is 4.79 Å². The van der Waals surface area contributed by atoms with Gasteiger partial charge in [-0.2, -0.15) is 0 Å². The van der Waals surface area contributed by atoms with E-state index in [2.05, 4.69) is 48.5 Å². The summed E-state index contributed by atoms with van der Waals surface area (Å²) in [4.78, 5) is 15.8. The summed E-state index contributed by atoms with van der Waals surface area (Å²) in [6, 6.07) is 4.58. The molecule has 1 N–H and O–H groups in total. The highest BCUT2D eigenvalue weighted by Gasteiger charge is 2.56. The molecule has 0 spiro atoms. The molecule has 1 saturated carbocycles. The van der Waals surface area contributed by atoms with Crippen molar-refractivity contribution in [3.05, 3.63) is 22.4 Å². The van der Waals surface area contributed by atoms with E-state index in [1.807, 2.05) is 0 Å². The lowest BCUT2D eigenvalue weighted by atomic mass is 10.1. The molecule has 3 nitrogen and oxygen atoms in total. The smallest absolute Gasteiger partial charge is 0.241 e. The highest BCUT2D eigenvalue weighted by molar-refractivity contribution is 7.10. The van der Waals surface area contributed by atoms with Crippen LogP contribution in [-0.4, -0.2) is 22.9 Å². The molecule has 1 aliphatic heterocycles. The van der Waals surface area contributed by atoms with Crippen LogP contribution >= 0.6 is 11.3 Å². The zero-order chi connectivity index (χ0) is 12.9. The fourth-order valence-corrected chi connectivity index (χ4v) is 3.64. The normalized spacial score (nSPS) is 34.1. The van der Waals surface area contributed by atoms with E-state index >= 15 is 0 Å². The molecule has 0 aromatic carbocycles. The lowest BCUT2D eigenvalue weighted by molar-refractivity contribution is -0.131. The Hall–Kier alpha value is -0.870. The first kappa shape index (κ1) is 12.2. The van der Waals surface area contributed by atoms with Gasteiger partial charge in [0.25, 0.3) is 0 Å². The fraction of sp³-hybridized carbons (Fsp3) is 0.643. The number of carbonyl (C=O) groups is 1. The molecule has 2 aliphatic rings. The highest BCUT2D eigenvalue weighted by Crippen LogP contribution is 2.52. The maximum absolute atomic E-state index is 12.5. The van der Waals surface area contributed by atoms with Crippen molar-refractivity contribution in [3.8, 4) is 0 Å². The van der Waals surface area contributed by atoms with Crippen molar-refractivity contribution >= 4 is 17.2 Å². The van der Waals surface area contributed by atoms with Gasteiger partial charge >= 0.3 is 0 Å². The third-order valence-electron chi connectivity index (χ3n) is 4.21. The third-order valence-corrected chi connectivity index (χ3v) is 5.13. The minimum Gasteiger partial charge on any atom is -0.317 e. The zero-order valence-corrected chi connectivity index (χ0v) is 12.0. The van der Waals surface area contributed by atoms with Crippen molar-refractivity contribution in [2.75, 3.05) is 0 Å². The summed E-state index contributed by atoms with van der Waals surface area (Å²) in [5.74, 6) is 0.284. The van der Waals surface area contributed by atoms with Crippen LogP contribution in [0.1, 0.15) is 44.7 Å². The largest absolute Gasteiger partial charge is 0.317 e. The van der Waals surface area contributed by atoms with Crippen LogP contribution in [0.5, 0.6) is 0 Å². The van der Waals surface area contributed by atoms with Gasteiger partial charge in [0.05, 0.1) is 6.04 Å². The van der Waals surface area contributed by atoms with Crippen LogP contribution in [0.15, 0.2) is 17.5 Å². The number of carbonyl (C=O) groups excluding carboxylic acids is 1. The standard InChI is InChI=1S/C14H20N2OS/c1-4-9-13(17)16(11-8-14(11,2)3)12(15-9)10-6-5-7-18-10/h5-7,9,11-12,15H,4,8H2,1-3H3. The van der Waals surface area contributed by atoms with Gasteiger partial charge in [-0.3, -0.25) is 10.1 Å². The summed E-state index contributed by atoms with van der Waals surface area (Å²) in [5.41, 5.74) is 0.287. The van der Waals surface area contributed by atoms with E-state index in [-0.39, 0.29) is 23.5 Å². The first-order chi connectivity index (χ1) is 8.54. The first-order valence-electron chi connectivity index (χ1n) is 6.66. The van der Waals surface area contributed by atoms with Gasteiger partial charge in [-0.15, -0.1) is 11.3 Å². The molecule has 3 unspecified atom stereocenters. The van der Waals surface area contributed by atoms with E-state index < -0.39 is 0 Å². The average molecular weight is 264 g/mol. The number of nitrogens with zero attached hydrogens (tertiary/aromatic N) is 1. The third kappa shape index (κ3) is 1.79. The second-order valence-corrected chi connectivity index (χ2v) is 6.98. The molecule has 2 heterocycles. The lowest BCUT2D eigenvalue weighted by Crippen LogP contribution is -2.34. The van der Waals surface area contributed by atoms with Gasteiger partial charge < -0.3 is 4.90 Å². The Labute approximate surface area is 112 Å². The van der Waals surface area contributed by atoms with Gasteiger partial charge in [0.15, 0.2) is 0 Å². The Balaban J connectivity index is 1.90. The van der Waals surface area contributed by atoms with Gasteiger partial charge in [-0.1, -0.05) is 26.8 Å². The monoisotopic (exact) mass is 264 g/mol. The quantitative estimate of drug-likeness (QED) is 0.910. The van der Waals surface area contributed by atoms with E-state index in [0.29, 0.717) is 6.04 Å². The minimum absolute atomic E-state index is 0.00602. The molecule has 18 heavy (non-hydrogen) atoms. The molecule has 98 valence electrons. The topological polar surface area (TPSA) is 32.3 Å². The maximum Gasteiger partial charge on any atom is 0.241 e. The molecule has 2 fully saturated rings. The molecule has 1 aromatic heterocycles. The van der Waals surface area contributed by atoms with E-state index in [4.69, 9.17) is 0 Å². The van der Waals surface area contributed by atoms with Crippen molar-refractivity contribution < 1.29 is 4.79 Å². The molecule has 3 atom stereocenters. The predicted molar refractivity (Wildman–Crippen MR) is 73.3 cm³/mol. The second kappa shape index (κ2) is 4.07. The molecule has 3 rings (SSSR count). The van der Waals surface area contributed by atoms with Crippen molar-refractivity contribution in [1.29, 1.82) is 0 Å². The van der Waals surface area contributed by atoms with Crippen LogP contribution in [0.25, 0.3) is 0 Å². The Morgan fingerprint density at radius 3 is 2.78 bits per heavy atom. The van der Waals surface area contributed by atoms with Crippen LogP contribution < -0.4 is 5.32 Å². The van der Waals surface area contributed by atoms with Gasteiger partial charge in [0.1, 0.15) is 6.17 Å². The molecule has 1 aromatic rings. The number of rotatable bonds is 3. The van der Waals surface area contributed by atoms with E-state index in [1.165, 1.54) is 4.88 Å². The van der Waals surface area contributed by atoms with Crippen molar-refractivity contribution in [1.82, 2.24) is 10.2 Å². The Kier molecular flexibility index (Phi) is 2.75. The number of nitrogens with one attached hydrogen (secondary N) is 1. The van der Waals surface area contributed by atoms with E-state index in [0.717, 1.165) is 12.8 Å². The van der Waals surface area contributed by atoms with Gasteiger partial charge in [-0.25, -0.2) is 0 Å². The van der Waals surface area contributed by atoms with Crippen LogP contribution in [0.3, 0.4) is 0 Å². The summed E-state index contributed by atoms with van der Waals surface area (Å²) in [5, 5.41) is 5.57. The zero-order valence-electron chi connectivity index (χ0n) is 11.1. The second-order valence-electron chi connectivity index (χ2n) is 6.00. The molecular formula is C14H20N2OS. The van der Waals surface area contributed by atoms with Gasteiger partial charge in [0.2, 0.25) is 5.91 Å². The number of amides is 1. The summed E-state index contributed by atoms with van der Waals surface area (Å²) < 4.78 is 0. The highest BCUT2D eigenvalue weighted by atomic mass is 32.1. The Morgan fingerprint density at radius 1 is 1.56 bits per heavy atom. The molecule has 1 saturated heterocycles. The average Bonchev–Trinajstić information content (AvgIpc) is 2.77. The summed E-state index contributed by atoms with van der Waals surface area (Å²) in [6.45, 7) is 6.56. The maximum atomic E-state index is 12.5. The molecule has 0 radical (unpaired) electrons. The summed E-state index contributed by atoms with van der Waals surface area (Å²) in [6.07, 6.45) is 2.08. The van der Waals surface area contributed by atoms with Crippen molar-refractivity contribution in [3.63, 3.8) is 0 Å². The van der Waals surface area contributed by atoms with E-state index in [9.17, 15) is 4.79 Å². The molecule has 1 aliphatic carbocycles. The van der Waals surface area contributed by atoms with Crippen LogP contribution in [0.4, 0.5) is 0 Å². The van der Waals surface area contributed by atoms with E-state index in [1.54, 1.807) is 11.3 Å². The van der Waals surface area contributed by atoms with Gasteiger partial charge in [0, 0.05) is 10.9 Å². The fourth-order valence-electron chi connectivity index (χ4n) is 2.86. The summed E-state index contributed by atoms with van der Waals surface area (Å²) >= 11 is 1.73. The Bertz CT molecular complexity index is 454. The number of hydrogen-bond acceptors (Lipinski definition) is 3. The molecular weight excluding hydrogens is 244 g/mol. The van der Waals surface area contributed by atoms with Crippen LogP contribution in [0.2, 0.25) is 0 Å².